The fourth-order valence-corrected chi connectivity index (χ4v) is 1.41. The molecule has 0 aliphatic heterocycles. The normalized spacial score (nSPS) is 11.4. The van der Waals surface area contributed by atoms with Gasteiger partial charge in [-0.3, -0.25) is 4.79 Å². The molecule has 1 heterocycles. The second kappa shape index (κ2) is 7.82. The van der Waals surface area contributed by atoms with Crippen molar-refractivity contribution in [2.45, 2.75) is 25.4 Å². The molecule has 110 valence electrons. The lowest BCUT2D eigenvalue weighted by Crippen LogP contribution is -2.46. The van der Waals surface area contributed by atoms with Gasteiger partial charge >= 0.3 is 18.0 Å². The number of aliphatic carboxylic acids is 1. The molecule has 0 aromatic carbocycles. The van der Waals surface area contributed by atoms with E-state index in [1.165, 1.54) is 19.6 Å². The van der Waals surface area contributed by atoms with Crippen LogP contribution in [-0.2, 0) is 20.9 Å². The predicted molar refractivity (Wildman–Crippen MR) is 66.8 cm³/mol. The molecule has 0 saturated carbocycles. The van der Waals surface area contributed by atoms with E-state index in [0.717, 1.165) is 5.56 Å². The van der Waals surface area contributed by atoms with Crippen LogP contribution in [0.1, 0.15) is 18.4 Å². The monoisotopic (exact) mass is 284 g/mol. The van der Waals surface area contributed by atoms with E-state index < -0.39 is 24.0 Å². The lowest BCUT2D eigenvalue weighted by atomic mass is 10.1. The smallest absolute Gasteiger partial charge is 0.326 e. The first-order valence-corrected chi connectivity index (χ1v) is 5.88. The van der Waals surface area contributed by atoms with Gasteiger partial charge in [-0.2, -0.15) is 0 Å². The summed E-state index contributed by atoms with van der Waals surface area (Å²) >= 11 is 0. The summed E-state index contributed by atoms with van der Waals surface area (Å²) in [5.41, 5.74) is 0.751. The van der Waals surface area contributed by atoms with Gasteiger partial charge in [-0.15, -0.1) is 0 Å². The van der Waals surface area contributed by atoms with Crippen LogP contribution in [0, 0.1) is 0 Å². The Morgan fingerprint density at radius 1 is 1.45 bits per heavy atom. The molecule has 0 unspecified atom stereocenters. The molecule has 3 N–H and O–H groups in total. The quantitative estimate of drug-likeness (QED) is 0.627. The molecule has 20 heavy (non-hydrogen) atoms. The van der Waals surface area contributed by atoms with E-state index in [2.05, 4.69) is 15.4 Å². The fraction of sp³-hybridized carbons (Fsp3) is 0.417. The van der Waals surface area contributed by atoms with Crippen LogP contribution in [0.3, 0.4) is 0 Å². The van der Waals surface area contributed by atoms with E-state index in [4.69, 9.17) is 9.52 Å². The van der Waals surface area contributed by atoms with Crippen molar-refractivity contribution in [3.8, 4) is 0 Å². The number of carboxylic acid groups (broad SMARTS) is 1. The van der Waals surface area contributed by atoms with Gasteiger partial charge in [-0.1, -0.05) is 0 Å². The summed E-state index contributed by atoms with van der Waals surface area (Å²) < 4.78 is 9.24. The Balaban J connectivity index is 2.38. The average molecular weight is 284 g/mol. The third-order valence-corrected chi connectivity index (χ3v) is 2.50. The Kier molecular flexibility index (Phi) is 6.08. The number of hydrogen-bond acceptors (Lipinski definition) is 5. The minimum Gasteiger partial charge on any atom is -0.480 e. The third-order valence-electron chi connectivity index (χ3n) is 2.50. The molecule has 0 radical (unpaired) electrons. The molecular weight excluding hydrogens is 268 g/mol. The van der Waals surface area contributed by atoms with Gasteiger partial charge in [0.1, 0.15) is 6.04 Å². The number of ether oxygens (including phenoxy) is 1. The van der Waals surface area contributed by atoms with Crippen molar-refractivity contribution >= 4 is 18.0 Å². The molecule has 0 bridgehead atoms. The standard InChI is InChI=1S/C12H16N2O6/c1-19-10(15)3-2-9(11(16)17)14-12(18)13-6-8-4-5-20-7-8/h4-5,7,9H,2-3,6H2,1H3,(H,16,17)(H2,13,14,18)/t9-/m1/s1. The minimum atomic E-state index is -1.22. The molecule has 0 aliphatic rings. The number of urea groups is 1. The number of nitrogens with one attached hydrogen (secondary N) is 2. The molecule has 8 heteroatoms. The average Bonchev–Trinajstić information content (AvgIpc) is 2.93. The van der Waals surface area contributed by atoms with Crippen LogP contribution in [0.5, 0.6) is 0 Å². The van der Waals surface area contributed by atoms with Crippen molar-refractivity contribution in [3.05, 3.63) is 24.2 Å². The zero-order chi connectivity index (χ0) is 15.0. The summed E-state index contributed by atoms with van der Waals surface area (Å²) in [6.07, 6.45) is 2.80. The number of carboxylic acids is 1. The molecule has 1 atom stereocenters. The number of rotatable bonds is 7. The van der Waals surface area contributed by atoms with Crippen LogP contribution in [0.2, 0.25) is 0 Å². The third kappa shape index (κ3) is 5.42. The second-order valence-corrected chi connectivity index (χ2v) is 3.96. The van der Waals surface area contributed by atoms with Crippen molar-refractivity contribution in [2.75, 3.05) is 7.11 Å². The zero-order valence-corrected chi connectivity index (χ0v) is 10.9. The predicted octanol–water partition coefficient (Wildman–Crippen LogP) is 0.485. The van der Waals surface area contributed by atoms with Crippen molar-refractivity contribution in [3.63, 3.8) is 0 Å². The van der Waals surface area contributed by atoms with Crippen molar-refractivity contribution in [2.24, 2.45) is 0 Å². The van der Waals surface area contributed by atoms with Crippen molar-refractivity contribution in [1.82, 2.24) is 10.6 Å². The number of carbonyl (C=O) groups excluding carboxylic acids is 2. The molecule has 2 amide bonds. The summed E-state index contributed by atoms with van der Waals surface area (Å²) in [5, 5.41) is 13.7. The summed E-state index contributed by atoms with van der Waals surface area (Å²) in [7, 11) is 1.21. The van der Waals surface area contributed by atoms with E-state index in [9.17, 15) is 14.4 Å². The lowest BCUT2D eigenvalue weighted by molar-refractivity contribution is -0.142. The topological polar surface area (TPSA) is 118 Å². The van der Waals surface area contributed by atoms with Crippen LogP contribution in [0.25, 0.3) is 0 Å². The molecule has 1 aromatic rings. The Labute approximate surface area is 115 Å². The minimum absolute atomic E-state index is 0.0405. The van der Waals surface area contributed by atoms with Gasteiger partial charge in [0.05, 0.1) is 19.6 Å². The number of amides is 2. The van der Waals surface area contributed by atoms with Gasteiger partial charge < -0.3 is 24.9 Å². The largest absolute Gasteiger partial charge is 0.480 e. The van der Waals surface area contributed by atoms with Crippen LogP contribution >= 0.6 is 0 Å². The maximum atomic E-state index is 11.5. The molecular formula is C12H16N2O6. The number of esters is 1. The summed E-state index contributed by atoms with van der Waals surface area (Å²) in [5.74, 6) is -1.75. The molecule has 1 rings (SSSR count). The summed E-state index contributed by atoms with van der Waals surface area (Å²) in [6, 6.07) is -0.117. The van der Waals surface area contributed by atoms with E-state index in [-0.39, 0.29) is 19.4 Å². The van der Waals surface area contributed by atoms with Gasteiger partial charge in [0.15, 0.2) is 0 Å². The fourth-order valence-electron chi connectivity index (χ4n) is 1.41. The highest BCUT2D eigenvalue weighted by Crippen LogP contribution is 2.01. The highest BCUT2D eigenvalue weighted by Gasteiger charge is 2.21. The van der Waals surface area contributed by atoms with E-state index >= 15 is 0 Å². The van der Waals surface area contributed by atoms with Gasteiger partial charge in [0, 0.05) is 18.5 Å². The van der Waals surface area contributed by atoms with E-state index in [1.54, 1.807) is 6.07 Å². The highest BCUT2D eigenvalue weighted by molar-refractivity contribution is 5.83. The van der Waals surface area contributed by atoms with Crippen LogP contribution < -0.4 is 10.6 Å². The number of methoxy groups -OCH3 is 1. The number of carbonyl (C=O) groups is 3. The molecule has 8 nitrogen and oxygen atoms in total. The Hall–Kier alpha value is -2.51. The molecule has 1 aromatic heterocycles. The molecule has 0 spiro atoms. The lowest BCUT2D eigenvalue weighted by Gasteiger charge is -2.14. The van der Waals surface area contributed by atoms with Gasteiger partial charge in [-0.05, 0) is 12.5 Å². The Morgan fingerprint density at radius 3 is 2.75 bits per heavy atom. The summed E-state index contributed by atoms with van der Waals surface area (Å²) in [4.78, 5) is 33.4. The summed E-state index contributed by atoms with van der Waals surface area (Å²) in [6.45, 7) is 0.214. The molecule has 0 saturated heterocycles. The Bertz CT molecular complexity index is 457. The maximum Gasteiger partial charge on any atom is 0.326 e. The van der Waals surface area contributed by atoms with Gasteiger partial charge in [0.25, 0.3) is 0 Å². The van der Waals surface area contributed by atoms with Crippen LogP contribution in [-0.4, -0.2) is 36.2 Å². The van der Waals surface area contributed by atoms with E-state index in [0.29, 0.717) is 0 Å². The zero-order valence-electron chi connectivity index (χ0n) is 10.9. The second-order valence-electron chi connectivity index (χ2n) is 3.96. The van der Waals surface area contributed by atoms with Crippen molar-refractivity contribution < 1.29 is 28.6 Å². The van der Waals surface area contributed by atoms with Gasteiger partial charge in [-0.25, -0.2) is 9.59 Å². The number of furan rings is 1. The Morgan fingerprint density at radius 2 is 2.20 bits per heavy atom. The van der Waals surface area contributed by atoms with Gasteiger partial charge in [0.2, 0.25) is 0 Å². The number of hydrogen-bond donors (Lipinski definition) is 3. The first-order chi connectivity index (χ1) is 9.52. The SMILES string of the molecule is COC(=O)CC[C@@H](NC(=O)NCc1ccoc1)C(=O)O. The van der Waals surface area contributed by atoms with Crippen LogP contribution in [0.15, 0.2) is 23.0 Å². The highest BCUT2D eigenvalue weighted by atomic mass is 16.5. The first kappa shape index (κ1) is 15.5. The first-order valence-electron chi connectivity index (χ1n) is 5.88. The van der Waals surface area contributed by atoms with Crippen molar-refractivity contribution in [1.29, 1.82) is 0 Å². The van der Waals surface area contributed by atoms with E-state index in [1.807, 2.05) is 0 Å². The molecule has 0 aliphatic carbocycles. The maximum absolute atomic E-state index is 11.5. The molecule has 0 fully saturated rings. The van der Waals surface area contributed by atoms with Crippen LogP contribution in [0.4, 0.5) is 4.79 Å².